The summed E-state index contributed by atoms with van der Waals surface area (Å²) in [5.41, 5.74) is 6.51. The van der Waals surface area contributed by atoms with Crippen molar-refractivity contribution in [3.8, 4) is 0 Å². The number of rotatable bonds is 1. The van der Waals surface area contributed by atoms with E-state index in [0.29, 0.717) is 0 Å². The van der Waals surface area contributed by atoms with Gasteiger partial charge >= 0.3 is 0 Å². The molecule has 12 heavy (non-hydrogen) atoms. The SMILES string of the molecule is Cn1cc(N)c(SC(C)(C)C)n1. The summed E-state index contributed by atoms with van der Waals surface area (Å²) in [6.45, 7) is 6.43. The van der Waals surface area contributed by atoms with E-state index >= 15 is 0 Å². The first kappa shape index (κ1) is 9.45. The van der Waals surface area contributed by atoms with Gasteiger partial charge in [0, 0.05) is 18.0 Å². The minimum Gasteiger partial charge on any atom is -0.395 e. The molecule has 1 rings (SSSR count). The maximum absolute atomic E-state index is 5.74. The van der Waals surface area contributed by atoms with Crippen LogP contribution in [-0.4, -0.2) is 14.5 Å². The second-order valence-corrected chi connectivity index (χ2v) is 5.59. The Morgan fingerprint density at radius 3 is 2.42 bits per heavy atom. The number of thioether (sulfide) groups is 1. The van der Waals surface area contributed by atoms with Gasteiger partial charge in [-0.2, -0.15) is 5.10 Å². The lowest BCUT2D eigenvalue weighted by Crippen LogP contribution is -2.07. The van der Waals surface area contributed by atoms with Gasteiger partial charge in [-0.25, -0.2) is 0 Å². The molecule has 1 heterocycles. The van der Waals surface area contributed by atoms with Crippen LogP contribution in [0.3, 0.4) is 0 Å². The number of nitrogens with zero attached hydrogens (tertiary/aromatic N) is 2. The zero-order valence-electron chi connectivity index (χ0n) is 7.96. The molecule has 3 nitrogen and oxygen atoms in total. The summed E-state index contributed by atoms with van der Waals surface area (Å²) in [6.07, 6.45) is 1.83. The van der Waals surface area contributed by atoms with E-state index in [1.54, 1.807) is 16.4 Å². The van der Waals surface area contributed by atoms with Crippen molar-refractivity contribution in [2.24, 2.45) is 7.05 Å². The number of anilines is 1. The molecule has 0 aliphatic carbocycles. The van der Waals surface area contributed by atoms with Crippen molar-refractivity contribution >= 4 is 17.4 Å². The Hall–Kier alpha value is -0.640. The number of aromatic nitrogens is 2. The predicted octanol–water partition coefficient (Wildman–Crippen LogP) is 1.89. The molecule has 68 valence electrons. The standard InChI is InChI=1S/C8H15N3S/c1-8(2,3)12-7-6(9)5-11(4)10-7/h5H,9H2,1-4H3. The summed E-state index contributed by atoms with van der Waals surface area (Å²) < 4.78 is 1.91. The Morgan fingerprint density at radius 1 is 1.50 bits per heavy atom. The first-order valence-corrected chi connectivity index (χ1v) is 4.68. The molecule has 0 unspecified atom stereocenters. The van der Waals surface area contributed by atoms with Gasteiger partial charge < -0.3 is 5.73 Å². The van der Waals surface area contributed by atoms with Crippen LogP contribution in [0.2, 0.25) is 0 Å². The Morgan fingerprint density at radius 2 is 2.08 bits per heavy atom. The van der Waals surface area contributed by atoms with Crippen LogP contribution in [0.1, 0.15) is 20.8 Å². The molecule has 0 aliphatic rings. The maximum Gasteiger partial charge on any atom is 0.142 e. The van der Waals surface area contributed by atoms with E-state index in [1.807, 2.05) is 13.2 Å². The van der Waals surface area contributed by atoms with Gasteiger partial charge in [-0.15, -0.1) is 0 Å². The topological polar surface area (TPSA) is 43.8 Å². The van der Waals surface area contributed by atoms with Gasteiger partial charge in [0.1, 0.15) is 5.03 Å². The molecule has 1 aromatic rings. The highest BCUT2D eigenvalue weighted by atomic mass is 32.2. The van der Waals surface area contributed by atoms with Crippen LogP contribution in [0.15, 0.2) is 11.2 Å². The third kappa shape index (κ3) is 2.44. The summed E-state index contributed by atoms with van der Waals surface area (Å²) in [4.78, 5) is 0. The monoisotopic (exact) mass is 185 g/mol. The van der Waals surface area contributed by atoms with Crippen LogP contribution in [0, 0.1) is 0 Å². The predicted molar refractivity (Wildman–Crippen MR) is 53.2 cm³/mol. The summed E-state index contributed by atoms with van der Waals surface area (Å²) in [7, 11) is 1.88. The Balaban J connectivity index is 2.82. The van der Waals surface area contributed by atoms with E-state index in [4.69, 9.17) is 5.73 Å². The molecule has 0 saturated heterocycles. The van der Waals surface area contributed by atoms with E-state index in [-0.39, 0.29) is 4.75 Å². The molecule has 0 atom stereocenters. The minimum absolute atomic E-state index is 0.169. The smallest absolute Gasteiger partial charge is 0.142 e. The lowest BCUT2D eigenvalue weighted by atomic mass is 10.3. The molecule has 0 aromatic carbocycles. The molecule has 0 bridgehead atoms. The van der Waals surface area contributed by atoms with Crippen LogP contribution >= 0.6 is 11.8 Å². The van der Waals surface area contributed by atoms with Crippen LogP contribution in [0.4, 0.5) is 5.69 Å². The molecule has 0 fully saturated rings. The van der Waals surface area contributed by atoms with Gasteiger partial charge in [0.2, 0.25) is 0 Å². The molecule has 2 N–H and O–H groups in total. The number of nitrogen functional groups attached to an aromatic ring is 1. The van der Waals surface area contributed by atoms with E-state index in [0.717, 1.165) is 10.7 Å². The van der Waals surface area contributed by atoms with Crippen LogP contribution in [-0.2, 0) is 7.05 Å². The van der Waals surface area contributed by atoms with Crippen molar-refractivity contribution in [3.05, 3.63) is 6.20 Å². The molecule has 0 aliphatic heterocycles. The summed E-state index contributed by atoms with van der Waals surface area (Å²) in [6, 6.07) is 0. The molecular weight excluding hydrogens is 170 g/mol. The third-order valence-electron chi connectivity index (χ3n) is 1.22. The lowest BCUT2D eigenvalue weighted by Gasteiger charge is -2.15. The number of aryl methyl sites for hydroxylation is 1. The van der Waals surface area contributed by atoms with Crippen molar-refractivity contribution in [2.45, 2.75) is 30.5 Å². The maximum atomic E-state index is 5.74. The lowest BCUT2D eigenvalue weighted by molar-refractivity contribution is 0.731. The zero-order valence-corrected chi connectivity index (χ0v) is 8.77. The molecule has 0 radical (unpaired) electrons. The Labute approximate surface area is 77.3 Å². The first-order chi connectivity index (χ1) is 5.38. The van der Waals surface area contributed by atoms with E-state index in [2.05, 4.69) is 25.9 Å². The Kier molecular flexibility index (Phi) is 2.37. The fraction of sp³-hybridized carbons (Fsp3) is 0.625. The molecule has 0 spiro atoms. The second kappa shape index (κ2) is 3.01. The Bertz CT molecular complexity index is 272. The van der Waals surface area contributed by atoms with Crippen LogP contribution in [0.5, 0.6) is 0 Å². The molecule has 1 aromatic heterocycles. The largest absolute Gasteiger partial charge is 0.395 e. The first-order valence-electron chi connectivity index (χ1n) is 3.86. The van der Waals surface area contributed by atoms with E-state index in [9.17, 15) is 0 Å². The number of nitrogens with two attached hydrogens (primary N) is 1. The van der Waals surface area contributed by atoms with Gasteiger partial charge in [-0.1, -0.05) is 32.5 Å². The van der Waals surface area contributed by atoms with Crippen molar-refractivity contribution in [1.82, 2.24) is 9.78 Å². The van der Waals surface area contributed by atoms with Crippen molar-refractivity contribution in [2.75, 3.05) is 5.73 Å². The van der Waals surface area contributed by atoms with Gasteiger partial charge in [-0.3, -0.25) is 4.68 Å². The normalized spacial score (nSPS) is 12.0. The summed E-state index contributed by atoms with van der Waals surface area (Å²) in [5, 5.41) is 5.17. The molecular formula is C8H15N3S. The zero-order chi connectivity index (χ0) is 9.35. The quantitative estimate of drug-likeness (QED) is 0.679. The second-order valence-electron chi connectivity index (χ2n) is 3.78. The fourth-order valence-corrected chi connectivity index (χ4v) is 1.78. The number of hydrogen-bond acceptors (Lipinski definition) is 3. The summed E-state index contributed by atoms with van der Waals surface area (Å²) in [5.74, 6) is 0. The van der Waals surface area contributed by atoms with Gasteiger partial charge in [0.15, 0.2) is 0 Å². The third-order valence-corrected chi connectivity index (χ3v) is 2.35. The van der Waals surface area contributed by atoms with Gasteiger partial charge in [-0.05, 0) is 0 Å². The van der Waals surface area contributed by atoms with Gasteiger partial charge in [0.25, 0.3) is 0 Å². The fourth-order valence-electron chi connectivity index (χ4n) is 0.856. The highest BCUT2D eigenvalue weighted by Gasteiger charge is 2.16. The van der Waals surface area contributed by atoms with E-state index < -0.39 is 0 Å². The average molecular weight is 185 g/mol. The average Bonchev–Trinajstić information content (AvgIpc) is 2.06. The van der Waals surface area contributed by atoms with Crippen molar-refractivity contribution < 1.29 is 0 Å². The van der Waals surface area contributed by atoms with Crippen LogP contribution < -0.4 is 5.73 Å². The highest BCUT2D eigenvalue weighted by molar-refractivity contribution is 8.00. The molecule has 0 amide bonds. The van der Waals surface area contributed by atoms with E-state index in [1.165, 1.54) is 0 Å². The summed E-state index contributed by atoms with van der Waals surface area (Å²) >= 11 is 1.69. The van der Waals surface area contributed by atoms with Crippen LogP contribution in [0.25, 0.3) is 0 Å². The van der Waals surface area contributed by atoms with Crippen molar-refractivity contribution in [3.63, 3.8) is 0 Å². The molecule has 0 saturated carbocycles. The van der Waals surface area contributed by atoms with Gasteiger partial charge in [0.05, 0.1) is 5.69 Å². The highest BCUT2D eigenvalue weighted by Crippen LogP contribution is 2.33. The minimum atomic E-state index is 0.169. The number of hydrogen-bond donors (Lipinski definition) is 1. The van der Waals surface area contributed by atoms with Crippen molar-refractivity contribution in [1.29, 1.82) is 0 Å². The molecule has 4 heteroatoms.